The molecule has 0 bridgehead atoms. The fraction of sp³-hybridized carbons (Fsp3) is 0.184. The second-order valence-corrected chi connectivity index (χ2v) is 15.8. The molecule has 9 rings (SSSR count). The van der Waals surface area contributed by atoms with Crippen molar-refractivity contribution in [2.75, 3.05) is 4.90 Å². The Morgan fingerprint density at radius 1 is 0.420 bits per heavy atom. The van der Waals surface area contributed by atoms with Gasteiger partial charge in [0.2, 0.25) is 0 Å². The minimum absolute atomic E-state index is 0.0918. The number of rotatable bonds is 5. The van der Waals surface area contributed by atoms with E-state index >= 15 is 0 Å². The molecule has 7 aromatic carbocycles. The minimum Gasteiger partial charge on any atom is -0.310 e. The highest BCUT2D eigenvalue weighted by atomic mass is 15.1. The fourth-order valence-electron chi connectivity index (χ4n) is 9.06. The van der Waals surface area contributed by atoms with Crippen LogP contribution in [-0.4, -0.2) is 0 Å². The monoisotopic (exact) mass is 645 g/mol. The standard InChI is InChI=1S/C49H43N/c1-47(2,33-16-8-7-9-17-33)44-22-14-15-32-23-24-34(29-41(32)44)50(35-25-27-39-37-18-10-12-20-42(37)48(3,4)45(39)30-35)36-26-28-40-38-19-11-13-21-43(38)49(5,6)46(40)31-36/h7-31H,1-6H3. The molecule has 0 unspecified atom stereocenters. The SMILES string of the molecule is CC1(C)c2ccccc2-c2ccc(N(c3ccc4c(c3)C(C)(C)c3ccccc3-4)c3ccc4cccc(C(C)(C)c5ccccc5)c4c3)cc21. The zero-order chi connectivity index (χ0) is 34.4. The van der Waals surface area contributed by atoms with Crippen LogP contribution >= 0.6 is 0 Å². The van der Waals surface area contributed by atoms with Gasteiger partial charge in [0.15, 0.2) is 0 Å². The molecule has 0 heterocycles. The van der Waals surface area contributed by atoms with E-state index in [-0.39, 0.29) is 16.2 Å². The van der Waals surface area contributed by atoms with E-state index < -0.39 is 0 Å². The number of hydrogen-bond acceptors (Lipinski definition) is 1. The molecular formula is C49H43N. The van der Waals surface area contributed by atoms with Gasteiger partial charge in [-0.05, 0) is 103 Å². The Labute approximate surface area is 296 Å². The molecule has 0 aliphatic heterocycles. The second kappa shape index (κ2) is 10.8. The molecule has 0 radical (unpaired) electrons. The van der Waals surface area contributed by atoms with Gasteiger partial charge < -0.3 is 4.90 Å². The van der Waals surface area contributed by atoms with Gasteiger partial charge in [0.05, 0.1) is 0 Å². The van der Waals surface area contributed by atoms with E-state index in [1.54, 1.807) is 0 Å². The molecule has 50 heavy (non-hydrogen) atoms. The van der Waals surface area contributed by atoms with Crippen LogP contribution in [0.1, 0.15) is 74.9 Å². The van der Waals surface area contributed by atoms with Crippen molar-refractivity contribution in [3.8, 4) is 22.3 Å². The lowest BCUT2D eigenvalue weighted by atomic mass is 9.76. The molecule has 0 aromatic heterocycles. The lowest BCUT2D eigenvalue weighted by Crippen LogP contribution is -2.19. The summed E-state index contributed by atoms with van der Waals surface area (Å²) < 4.78 is 0. The van der Waals surface area contributed by atoms with Crippen LogP contribution in [0.25, 0.3) is 33.0 Å². The van der Waals surface area contributed by atoms with E-state index in [0.29, 0.717) is 0 Å². The van der Waals surface area contributed by atoms with Crippen LogP contribution in [0.15, 0.2) is 152 Å². The highest BCUT2D eigenvalue weighted by Gasteiger charge is 2.38. The zero-order valence-corrected chi connectivity index (χ0v) is 29.9. The van der Waals surface area contributed by atoms with Crippen LogP contribution in [0.3, 0.4) is 0 Å². The molecule has 0 fully saturated rings. The van der Waals surface area contributed by atoms with Gasteiger partial charge in [-0.3, -0.25) is 0 Å². The van der Waals surface area contributed by atoms with E-state index in [0.717, 1.165) is 5.69 Å². The maximum Gasteiger partial charge on any atom is 0.0468 e. The third-order valence-corrected chi connectivity index (χ3v) is 11.9. The molecule has 7 aromatic rings. The Hall–Kier alpha value is -5.40. The third-order valence-electron chi connectivity index (χ3n) is 11.9. The number of hydrogen-bond donors (Lipinski definition) is 0. The first-order valence-electron chi connectivity index (χ1n) is 17.9. The largest absolute Gasteiger partial charge is 0.310 e. The predicted octanol–water partition coefficient (Wildman–Crippen LogP) is 13.2. The highest BCUT2D eigenvalue weighted by molar-refractivity contribution is 5.94. The van der Waals surface area contributed by atoms with Crippen molar-refractivity contribution >= 4 is 27.8 Å². The van der Waals surface area contributed by atoms with Gasteiger partial charge in [-0.25, -0.2) is 0 Å². The van der Waals surface area contributed by atoms with Crippen LogP contribution in [-0.2, 0) is 16.2 Å². The normalized spacial score (nSPS) is 14.9. The molecule has 244 valence electrons. The van der Waals surface area contributed by atoms with Crippen LogP contribution in [0.2, 0.25) is 0 Å². The molecule has 0 amide bonds. The summed E-state index contributed by atoms with van der Waals surface area (Å²) in [5, 5.41) is 2.54. The molecule has 1 heteroatoms. The van der Waals surface area contributed by atoms with Crippen LogP contribution in [0, 0.1) is 0 Å². The van der Waals surface area contributed by atoms with E-state index in [4.69, 9.17) is 0 Å². The molecule has 1 nitrogen and oxygen atoms in total. The van der Waals surface area contributed by atoms with Crippen molar-refractivity contribution in [2.45, 2.75) is 57.8 Å². The van der Waals surface area contributed by atoms with Crippen LogP contribution < -0.4 is 4.90 Å². The quantitative estimate of drug-likeness (QED) is 0.180. The summed E-state index contributed by atoms with van der Waals surface area (Å²) in [5.41, 5.74) is 16.7. The van der Waals surface area contributed by atoms with E-state index in [9.17, 15) is 0 Å². The van der Waals surface area contributed by atoms with Crippen molar-refractivity contribution < 1.29 is 0 Å². The summed E-state index contributed by atoms with van der Waals surface area (Å²) in [6, 6.07) is 56.8. The average Bonchev–Trinajstić information content (AvgIpc) is 3.51. The first kappa shape index (κ1) is 30.6. The summed E-state index contributed by atoms with van der Waals surface area (Å²) in [4.78, 5) is 2.49. The first-order chi connectivity index (χ1) is 24.1. The lowest BCUT2D eigenvalue weighted by molar-refractivity contribution is 0.647. The maximum atomic E-state index is 2.49. The molecular weight excluding hydrogens is 603 g/mol. The molecule has 0 saturated carbocycles. The topological polar surface area (TPSA) is 3.24 Å². The Kier molecular flexibility index (Phi) is 6.62. The van der Waals surface area contributed by atoms with E-state index in [1.807, 2.05) is 0 Å². The van der Waals surface area contributed by atoms with Crippen molar-refractivity contribution in [3.05, 3.63) is 185 Å². The molecule has 0 N–H and O–H groups in total. The zero-order valence-electron chi connectivity index (χ0n) is 29.9. The summed E-state index contributed by atoms with van der Waals surface area (Å²) in [6.07, 6.45) is 0. The average molecular weight is 646 g/mol. The Morgan fingerprint density at radius 3 is 1.48 bits per heavy atom. The predicted molar refractivity (Wildman–Crippen MR) is 212 cm³/mol. The third kappa shape index (κ3) is 4.39. The van der Waals surface area contributed by atoms with Crippen LogP contribution in [0.4, 0.5) is 17.1 Å². The summed E-state index contributed by atoms with van der Waals surface area (Å²) in [7, 11) is 0. The van der Waals surface area contributed by atoms with Crippen molar-refractivity contribution in [1.82, 2.24) is 0 Å². The Morgan fingerprint density at radius 2 is 0.900 bits per heavy atom. The number of benzene rings is 7. The van der Waals surface area contributed by atoms with Gasteiger partial charge in [0, 0.05) is 33.3 Å². The van der Waals surface area contributed by atoms with Gasteiger partial charge in [0.1, 0.15) is 0 Å². The van der Waals surface area contributed by atoms with Gasteiger partial charge in [-0.15, -0.1) is 0 Å². The number of anilines is 3. The molecule has 0 spiro atoms. The summed E-state index contributed by atoms with van der Waals surface area (Å²) in [6.45, 7) is 14.2. The van der Waals surface area contributed by atoms with Crippen molar-refractivity contribution in [3.63, 3.8) is 0 Å². The Balaban J connectivity index is 1.27. The molecule has 0 atom stereocenters. The van der Waals surface area contributed by atoms with Gasteiger partial charge in [0.25, 0.3) is 0 Å². The number of nitrogens with zero attached hydrogens (tertiary/aromatic N) is 1. The first-order valence-corrected chi connectivity index (χ1v) is 17.9. The van der Waals surface area contributed by atoms with Gasteiger partial charge in [-0.2, -0.15) is 0 Å². The minimum atomic E-state index is -0.170. The molecule has 2 aliphatic carbocycles. The number of fused-ring (bicyclic) bond motifs is 7. The fourth-order valence-corrected chi connectivity index (χ4v) is 9.06. The van der Waals surface area contributed by atoms with E-state index in [2.05, 4.69) is 198 Å². The van der Waals surface area contributed by atoms with E-state index in [1.165, 1.54) is 77.8 Å². The van der Waals surface area contributed by atoms with Gasteiger partial charge in [-0.1, -0.05) is 157 Å². The highest BCUT2D eigenvalue weighted by Crippen LogP contribution is 2.53. The maximum absolute atomic E-state index is 2.49. The lowest BCUT2D eigenvalue weighted by Gasteiger charge is -2.31. The summed E-state index contributed by atoms with van der Waals surface area (Å²) in [5.74, 6) is 0. The second-order valence-electron chi connectivity index (χ2n) is 15.8. The Bertz CT molecular complexity index is 2350. The van der Waals surface area contributed by atoms with Crippen molar-refractivity contribution in [1.29, 1.82) is 0 Å². The van der Waals surface area contributed by atoms with Gasteiger partial charge >= 0.3 is 0 Å². The summed E-state index contributed by atoms with van der Waals surface area (Å²) >= 11 is 0. The molecule has 0 saturated heterocycles. The molecule has 2 aliphatic rings. The smallest absolute Gasteiger partial charge is 0.0468 e. The van der Waals surface area contributed by atoms with Crippen LogP contribution in [0.5, 0.6) is 0 Å². The van der Waals surface area contributed by atoms with Crippen molar-refractivity contribution in [2.24, 2.45) is 0 Å².